The van der Waals surface area contributed by atoms with E-state index in [1.54, 1.807) is 17.1 Å². The number of hydrogen-bond donors (Lipinski definition) is 2. The van der Waals surface area contributed by atoms with Gasteiger partial charge in [-0.15, -0.1) is 0 Å². The van der Waals surface area contributed by atoms with Crippen molar-refractivity contribution in [2.75, 3.05) is 5.73 Å². The lowest BCUT2D eigenvalue weighted by Gasteiger charge is -2.03. The highest BCUT2D eigenvalue weighted by molar-refractivity contribution is 5.79. The fraction of sp³-hybridized carbons (Fsp3) is 0. The Kier molecular flexibility index (Phi) is 2.47. The first kappa shape index (κ1) is 11.7. The number of nitrogen functional groups attached to an aromatic ring is 1. The van der Waals surface area contributed by atoms with E-state index in [4.69, 9.17) is 5.73 Å². The first-order valence-corrected chi connectivity index (χ1v) is 6.53. The highest BCUT2D eigenvalue weighted by Gasteiger charge is 2.14. The van der Waals surface area contributed by atoms with Crippen LogP contribution in [0.1, 0.15) is 0 Å². The lowest BCUT2D eigenvalue weighted by Crippen LogP contribution is -2.02. The van der Waals surface area contributed by atoms with Crippen LogP contribution >= 0.6 is 0 Å². The van der Waals surface area contributed by atoms with Gasteiger partial charge in [-0.3, -0.25) is 0 Å². The minimum atomic E-state index is 0.542. The monoisotopic (exact) mass is 276 g/mol. The molecule has 0 radical (unpaired) electrons. The third-order valence-corrected chi connectivity index (χ3v) is 3.32. The summed E-state index contributed by atoms with van der Waals surface area (Å²) in [5.74, 6) is 1.21. The predicted octanol–water partition coefficient (Wildman–Crippen LogP) is 2.39. The van der Waals surface area contributed by atoms with Crippen molar-refractivity contribution in [3.63, 3.8) is 0 Å². The molecule has 0 spiro atoms. The summed E-state index contributed by atoms with van der Waals surface area (Å²) in [4.78, 5) is 11.9. The van der Waals surface area contributed by atoms with Gasteiger partial charge in [-0.1, -0.05) is 18.2 Å². The number of nitrogens with one attached hydrogen (secondary N) is 1. The van der Waals surface area contributed by atoms with E-state index in [9.17, 15) is 0 Å². The van der Waals surface area contributed by atoms with Crippen LogP contribution in [-0.4, -0.2) is 24.7 Å². The normalized spacial score (nSPS) is 11.0. The van der Waals surface area contributed by atoms with Crippen LogP contribution in [0.15, 0.2) is 54.9 Å². The second-order valence-corrected chi connectivity index (χ2v) is 4.65. The lowest BCUT2D eigenvalue weighted by atomic mass is 10.3. The summed E-state index contributed by atoms with van der Waals surface area (Å²) >= 11 is 0. The molecule has 0 fully saturated rings. The molecule has 0 bridgehead atoms. The predicted molar refractivity (Wildman–Crippen MR) is 80.9 cm³/mol. The molecule has 0 aliphatic rings. The summed E-state index contributed by atoms with van der Waals surface area (Å²) < 4.78 is 1.69. The van der Waals surface area contributed by atoms with E-state index in [-0.39, 0.29) is 0 Å². The third-order valence-electron chi connectivity index (χ3n) is 3.32. The molecular formula is C15H12N6. The summed E-state index contributed by atoms with van der Waals surface area (Å²) in [6.07, 6.45) is 3.42. The van der Waals surface area contributed by atoms with Crippen LogP contribution in [0.5, 0.6) is 0 Å². The van der Waals surface area contributed by atoms with Crippen LogP contribution in [0.2, 0.25) is 0 Å². The number of rotatable bonds is 2. The minimum Gasteiger partial charge on any atom is -0.383 e. The fourth-order valence-electron chi connectivity index (χ4n) is 2.29. The molecule has 0 saturated heterocycles. The van der Waals surface area contributed by atoms with Gasteiger partial charge in [0, 0.05) is 6.20 Å². The van der Waals surface area contributed by atoms with Crippen molar-refractivity contribution in [2.45, 2.75) is 0 Å². The molecule has 4 aromatic rings. The summed E-state index contributed by atoms with van der Waals surface area (Å²) in [5, 5.41) is 4.34. The Bertz CT molecular complexity index is 873. The number of aromatic nitrogens is 5. The molecule has 0 aliphatic heterocycles. The van der Waals surface area contributed by atoms with Gasteiger partial charge in [0.1, 0.15) is 11.6 Å². The van der Waals surface area contributed by atoms with E-state index in [0.717, 1.165) is 16.8 Å². The number of para-hydroxylation sites is 1. The molecule has 6 nitrogen and oxygen atoms in total. The number of benzene rings is 1. The first-order chi connectivity index (χ1) is 10.3. The number of fused-ring (bicyclic) bond motifs is 1. The van der Waals surface area contributed by atoms with E-state index in [1.807, 2.05) is 42.5 Å². The van der Waals surface area contributed by atoms with Crippen LogP contribution in [0, 0.1) is 0 Å². The van der Waals surface area contributed by atoms with Gasteiger partial charge in [-0.25, -0.2) is 14.6 Å². The van der Waals surface area contributed by atoms with Crippen molar-refractivity contribution < 1.29 is 0 Å². The number of H-pyrrole nitrogens is 1. The van der Waals surface area contributed by atoms with Crippen LogP contribution in [0.25, 0.3) is 28.2 Å². The molecule has 6 heteroatoms. The smallest absolute Gasteiger partial charge is 0.178 e. The molecule has 0 amide bonds. The zero-order valence-electron chi connectivity index (χ0n) is 11.1. The van der Waals surface area contributed by atoms with Gasteiger partial charge in [0.2, 0.25) is 0 Å². The molecule has 1 aromatic carbocycles. The first-order valence-electron chi connectivity index (χ1n) is 6.53. The molecule has 4 rings (SSSR count). The summed E-state index contributed by atoms with van der Waals surface area (Å²) in [7, 11) is 0. The molecule has 0 saturated carbocycles. The highest BCUT2D eigenvalue weighted by Crippen LogP contribution is 2.26. The largest absolute Gasteiger partial charge is 0.383 e. The fourth-order valence-corrected chi connectivity index (χ4v) is 2.29. The number of imidazole rings is 1. The van der Waals surface area contributed by atoms with Crippen molar-refractivity contribution in [3.05, 3.63) is 54.9 Å². The van der Waals surface area contributed by atoms with Gasteiger partial charge >= 0.3 is 0 Å². The maximum Gasteiger partial charge on any atom is 0.178 e. The molecule has 21 heavy (non-hydrogen) atoms. The Labute approximate surface area is 120 Å². The Hall–Kier alpha value is -3.15. The molecular weight excluding hydrogens is 264 g/mol. The number of nitrogens with zero attached hydrogens (tertiary/aromatic N) is 4. The van der Waals surface area contributed by atoms with Crippen LogP contribution < -0.4 is 5.73 Å². The van der Waals surface area contributed by atoms with E-state index in [2.05, 4.69) is 20.1 Å². The van der Waals surface area contributed by atoms with Crippen LogP contribution in [0.3, 0.4) is 0 Å². The van der Waals surface area contributed by atoms with Crippen LogP contribution in [-0.2, 0) is 0 Å². The van der Waals surface area contributed by atoms with Gasteiger partial charge in [0.05, 0.1) is 23.0 Å². The number of anilines is 1. The van der Waals surface area contributed by atoms with Gasteiger partial charge in [-0.05, 0) is 24.3 Å². The molecule has 102 valence electrons. The van der Waals surface area contributed by atoms with E-state index in [0.29, 0.717) is 17.3 Å². The quantitative estimate of drug-likeness (QED) is 0.588. The molecule has 0 aliphatic carbocycles. The van der Waals surface area contributed by atoms with Crippen molar-refractivity contribution >= 4 is 17.0 Å². The Morgan fingerprint density at radius 1 is 1.05 bits per heavy atom. The van der Waals surface area contributed by atoms with E-state index >= 15 is 0 Å². The second kappa shape index (κ2) is 4.45. The minimum absolute atomic E-state index is 0.542. The summed E-state index contributed by atoms with van der Waals surface area (Å²) in [5.41, 5.74) is 9.42. The van der Waals surface area contributed by atoms with Gasteiger partial charge in [0.15, 0.2) is 5.65 Å². The maximum atomic E-state index is 6.21. The zero-order chi connectivity index (χ0) is 14.2. The van der Waals surface area contributed by atoms with Crippen molar-refractivity contribution in [1.29, 1.82) is 0 Å². The Morgan fingerprint density at radius 2 is 1.90 bits per heavy atom. The van der Waals surface area contributed by atoms with E-state index in [1.165, 1.54) is 0 Å². The topological polar surface area (TPSA) is 85.4 Å². The molecule has 0 unspecified atom stereocenters. The van der Waals surface area contributed by atoms with Gasteiger partial charge in [-0.2, -0.15) is 5.10 Å². The zero-order valence-corrected chi connectivity index (χ0v) is 11.1. The SMILES string of the molecule is Nc1c(-c2nc3ncccc3[nH]2)cnn1-c1ccccc1. The average molecular weight is 276 g/mol. The van der Waals surface area contributed by atoms with Crippen molar-refractivity contribution in [3.8, 4) is 17.1 Å². The number of hydrogen-bond acceptors (Lipinski definition) is 4. The van der Waals surface area contributed by atoms with Gasteiger partial charge < -0.3 is 10.7 Å². The van der Waals surface area contributed by atoms with Gasteiger partial charge in [0.25, 0.3) is 0 Å². The third kappa shape index (κ3) is 1.85. The van der Waals surface area contributed by atoms with Crippen molar-refractivity contribution in [1.82, 2.24) is 24.7 Å². The Morgan fingerprint density at radius 3 is 2.71 bits per heavy atom. The standard InChI is InChI=1S/C15H12N6/c16-13-11(9-18-21(13)10-5-2-1-3-6-10)14-19-12-7-4-8-17-15(12)20-14/h1-9H,16H2,(H,17,19,20). The van der Waals surface area contributed by atoms with E-state index < -0.39 is 0 Å². The molecule has 0 atom stereocenters. The van der Waals surface area contributed by atoms with Crippen LogP contribution in [0.4, 0.5) is 5.82 Å². The highest BCUT2D eigenvalue weighted by atomic mass is 15.3. The number of pyridine rings is 1. The number of aromatic amines is 1. The Balaban J connectivity index is 1.85. The number of nitrogens with two attached hydrogens (primary N) is 1. The lowest BCUT2D eigenvalue weighted by molar-refractivity contribution is 0.891. The second-order valence-electron chi connectivity index (χ2n) is 4.65. The summed E-state index contributed by atoms with van der Waals surface area (Å²) in [6, 6.07) is 13.5. The molecule has 3 N–H and O–H groups in total. The maximum absolute atomic E-state index is 6.21. The van der Waals surface area contributed by atoms with Crippen molar-refractivity contribution in [2.24, 2.45) is 0 Å². The summed E-state index contributed by atoms with van der Waals surface area (Å²) in [6.45, 7) is 0. The molecule has 3 aromatic heterocycles. The average Bonchev–Trinajstić information content (AvgIpc) is 3.11. The molecule has 3 heterocycles.